The van der Waals surface area contributed by atoms with Gasteiger partial charge in [-0.25, -0.2) is 0 Å². The van der Waals surface area contributed by atoms with Crippen molar-refractivity contribution in [2.24, 2.45) is 0 Å². The summed E-state index contributed by atoms with van der Waals surface area (Å²) >= 11 is 0. The van der Waals surface area contributed by atoms with Gasteiger partial charge in [-0.15, -0.1) is 0 Å². The van der Waals surface area contributed by atoms with Crippen LogP contribution in [0.5, 0.6) is 0 Å². The number of aliphatic hydroxyl groups excluding tert-OH is 1. The highest BCUT2D eigenvalue weighted by atomic mass is 16.5. The smallest absolute Gasteiger partial charge is 0.153 e. The number of aliphatic hydroxyl groups is 1. The minimum absolute atomic E-state index is 0.120. The maximum absolute atomic E-state index is 8.84. The number of ether oxygens (including phenoxy) is 1. The molecule has 0 amide bonds. The Kier molecular flexibility index (Phi) is 5.69. The lowest BCUT2D eigenvalue weighted by atomic mass is 9.99. The van der Waals surface area contributed by atoms with Crippen LogP contribution in [0.15, 0.2) is 0 Å². The highest BCUT2D eigenvalue weighted by Gasteiger charge is 2.25. The minimum atomic E-state index is -0.630. The molecule has 0 atom stereocenters. The molecule has 0 heterocycles. The van der Waals surface area contributed by atoms with E-state index in [2.05, 4.69) is 6.07 Å². The average molecular weight is 171 g/mol. The summed E-state index contributed by atoms with van der Waals surface area (Å²) in [7, 11) is 0. The Morgan fingerprint density at radius 3 is 2.33 bits per heavy atom. The second-order valence-corrected chi connectivity index (χ2v) is 2.74. The molecule has 3 heteroatoms. The number of hydrogen-bond acceptors (Lipinski definition) is 3. The lowest BCUT2D eigenvalue weighted by molar-refractivity contribution is -0.0135. The molecule has 3 nitrogen and oxygen atoms in total. The normalized spacial score (nSPS) is 11.2. The van der Waals surface area contributed by atoms with Gasteiger partial charge >= 0.3 is 0 Å². The second-order valence-electron chi connectivity index (χ2n) is 2.74. The van der Waals surface area contributed by atoms with Crippen molar-refractivity contribution in [1.82, 2.24) is 0 Å². The molecule has 0 spiro atoms. The van der Waals surface area contributed by atoms with E-state index >= 15 is 0 Å². The van der Waals surface area contributed by atoms with E-state index in [1.165, 1.54) is 0 Å². The Labute approximate surface area is 74.0 Å². The highest BCUT2D eigenvalue weighted by molar-refractivity contribution is 4.99. The van der Waals surface area contributed by atoms with E-state index in [0.29, 0.717) is 25.9 Å². The SMILES string of the molecule is CCC(C#N)(CC)OCCCO. The molecule has 12 heavy (non-hydrogen) atoms. The third-order valence-electron chi connectivity index (χ3n) is 2.03. The van der Waals surface area contributed by atoms with Gasteiger partial charge in [0.05, 0.1) is 12.7 Å². The van der Waals surface area contributed by atoms with Gasteiger partial charge in [0.25, 0.3) is 0 Å². The third-order valence-corrected chi connectivity index (χ3v) is 2.03. The molecule has 0 aromatic heterocycles. The number of hydrogen-bond donors (Lipinski definition) is 1. The molecule has 0 bridgehead atoms. The first-order valence-electron chi connectivity index (χ1n) is 4.40. The van der Waals surface area contributed by atoms with E-state index in [9.17, 15) is 0 Å². The molecule has 0 unspecified atom stereocenters. The zero-order valence-corrected chi connectivity index (χ0v) is 7.84. The van der Waals surface area contributed by atoms with Crippen LogP contribution in [0.3, 0.4) is 0 Å². The Bertz CT molecular complexity index is 147. The largest absolute Gasteiger partial charge is 0.396 e. The summed E-state index contributed by atoms with van der Waals surface area (Å²) in [5.41, 5.74) is -0.630. The van der Waals surface area contributed by atoms with Crippen LogP contribution >= 0.6 is 0 Å². The van der Waals surface area contributed by atoms with Crippen molar-refractivity contribution < 1.29 is 9.84 Å². The van der Waals surface area contributed by atoms with E-state index in [-0.39, 0.29) is 6.61 Å². The predicted molar refractivity (Wildman–Crippen MR) is 46.6 cm³/mol. The van der Waals surface area contributed by atoms with Crippen molar-refractivity contribution in [3.8, 4) is 6.07 Å². The van der Waals surface area contributed by atoms with Gasteiger partial charge in [-0.2, -0.15) is 5.26 Å². The van der Waals surface area contributed by atoms with Gasteiger partial charge < -0.3 is 9.84 Å². The third kappa shape index (κ3) is 3.21. The lowest BCUT2D eigenvalue weighted by Crippen LogP contribution is -2.29. The average Bonchev–Trinajstić information content (AvgIpc) is 2.14. The summed E-state index contributed by atoms with van der Waals surface area (Å²) in [6.07, 6.45) is 2.00. The molecule has 0 aliphatic rings. The Hall–Kier alpha value is -0.590. The molecule has 70 valence electrons. The standard InChI is InChI=1S/C9H17NO2/c1-3-9(4-2,8-10)12-7-5-6-11/h11H,3-7H2,1-2H3. The van der Waals surface area contributed by atoms with Crippen LogP contribution in [0.4, 0.5) is 0 Å². The maximum atomic E-state index is 8.84. The van der Waals surface area contributed by atoms with Gasteiger partial charge in [0.2, 0.25) is 0 Å². The van der Waals surface area contributed by atoms with E-state index < -0.39 is 5.60 Å². The number of nitrogens with zero attached hydrogens (tertiary/aromatic N) is 1. The predicted octanol–water partition coefficient (Wildman–Crippen LogP) is 1.47. The number of rotatable bonds is 6. The van der Waals surface area contributed by atoms with E-state index in [4.69, 9.17) is 15.1 Å². The molecule has 0 aromatic carbocycles. The molecule has 0 aromatic rings. The Morgan fingerprint density at radius 1 is 1.42 bits per heavy atom. The first-order chi connectivity index (χ1) is 5.74. The summed E-state index contributed by atoms with van der Waals surface area (Å²) in [5.74, 6) is 0. The van der Waals surface area contributed by atoms with Crippen LogP contribution < -0.4 is 0 Å². The molecule has 0 radical (unpaired) electrons. The van der Waals surface area contributed by atoms with E-state index in [1.807, 2.05) is 13.8 Å². The van der Waals surface area contributed by atoms with Gasteiger partial charge in [-0.3, -0.25) is 0 Å². The Balaban J connectivity index is 3.87. The van der Waals surface area contributed by atoms with Crippen molar-refractivity contribution in [3.05, 3.63) is 0 Å². The van der Waals surface area contributed by atoms with Crippen LogP contribution in [-0.2, 0) is 4.74 Å². The molecular formula is C9H17NO2. The highest BCUT2D eigenvalue weighted by Crippen LogP contribution is 2.19. The lowest BCUT2D eigenvalue weighted by Gasteiger charge is -2.23. The van der Waals surface area contributed by atoms with Crippen LogP contribution in [0.2, 0.25) is 0 Å². The van der Waals surface area contributed by atoms with Crippen LogP contribution in [0, 0.1) is 11.3 Å². The van der Waals surface area contributed by atoms with Crippen molar-refractivity contribution in [1.29, 1.82) is 5.26 Å². The first kappa shape index (κ1) is 11.4. The fourth-order valence-corrected chi connectivity index (χ4v) is 0.977. The van der Waals surface area contributed by atoms with Crippen molar-refractivity contribution in [3.63, 3.8) is 0 Å². The van der Waals surface area contributed by atoms with E-state index in [1.54, 1.807) is 0 Å². The van der Waals surface area contributed by atoms with Gasteiger partial charge in [0.15, 0.2) is 5.60 Å². The quantitative estimate of drug-likeness (QED) is 0.616. The first-order valence-corrected chi connectivity index (χ1v) is 4.40. The fraction of sp³-hybridized carbons (Fsp3) is 0.889. The molecule has 0 rings (SSSR count). The van der Waals surface area contributed by atoms with Gasteiger partial charge in [0.1, 0.15) is 0 Å². The molecule has 0 saturated carbocycles. The van der Waals surface area contributed by atoms with Gasteiger partial charge in [-0.05, 0) is 19.3 Å². The zero-order chi connectivity index (χ0) is 9.45. The minimum Gasteiger partial charge on any atom is -0.396 e. The van der Waals surface area contributed by atoms with Gasteiger partial charge in [-0.1, -0.05) is 13.8 Å². The van der Waals surface area contributed by atoms with Crippen LogP contribution in [0.25, 0.3) is 0 Å². The summed E-state index contributed by atoms with van der Waals surface area (Å²) in [5, 5.41) is 17.4. The zero-order valence-electron chi connectivity index (χ0n) is 7.84. The maximum Gasteiger partial charge on any atom is 0.153 e. The van der Waals surface area contributed by atoms with Crippen molar-refractivity contribution in [2.45, 2.75) is 38.7 Å². The van der Waals surface area contributed by atoms with Gasteiger partial charge in [0, 0.05) is 6.61 Å². The fourth-order valence-electron chi connectivity index (χ4n) is 0.977. The summed E-state index contributed by atoms with van der Waals surface area (Å²) in [6.45, 7) is 4.46. The molecule has 0 fully saturated rings. The van der Waals surface area contributed by atoms with Crippen molar-refractivity contribution in [2.75, 3.05) is 13.2 Å². The summed E-state index contributed by atoms with van der Waals surface area (Å²) in [4.78, 5) is 0. The van der Waals surface area contributed by atoms with Crippen LogP contribution in [0.1, 0.15) is 33.1 Å². The second kappa shape index (κ2) is 5.99. The summed E-state index contributed by atoms with van der Waals surface area (Å²) < 4.78 is 5.40. The molecule has 1 N–H and O–H groups in total. The molecular weight excluding hydrogens is 154 g/mol. The topological polar surface area (TPSA) is 53.2 Å². The van der Waals surface area contributed by atoms with Crippen molar-refractivity contribution >= 4 is 0 Å². The van der Waals surface area contributed by atoms with Crippen LogP contribution in [-0.4, -0.2) is 23.9 Å². The van der Waals surface area contributed by atoms with E-state index in [0.717, 1.165) is 0 Å². The molecule has 0 aliphatic carbocycles. The molecule has 0 aliphatic heterocycles. The molecule has 0 saturated heterocycles. The monoisotopic (exact) mass is 171 g/mol. The Morgan fingerprint density at radius 2 is 2.00 bits per heavy atom. The number of nitriles is 1. The summed E-state index contributed by atoms with van der Waals surface area (Å²) in [6, 6.07) is 2.17.